The maximum atomic E-state index is 12.9. The largest absolute Gasteiger partial charge is 0.467 e. The first kappa shape index (κ1) is 16.6. The first-order valence-electron chi connectivity index (χ1n) is 6.30. The van der Waals surface area contributed by atoms with E-state index in [4.69, 9.17) is 9.15 Å². The van der Waals surface area contributed by atoms with Crippen molar-refractivity contribution in [2.24, 2.45) is 0 Å². The average molecular weight is 293 g/mol. The summed E-state index contributed by atoms with van der Waals surface area (Å²) in [7, 11) is 0. The van der Waals surface area contributed by atoms with Crippen LogP contribution in [0.2, 0.25) is 0 Å². The lowest BCUT2D eigenvalue weighted by Gasteiger charge is -2.31. The molecule has 1 atom stereocenters. The van der Waals surface area contributed by atoms with E-state index in [1.54, 1.807) is 6.92 Å². The van der Waals surface area contributed by atoms with E-state index in [9.17, 15) is 18.0 Å². The average Bonchev–Trinajstić information content (AvgIpc) is 2.83. The Kier molecular flexibility index (Phi) is 5.21. The molecule has 0 radical (unpaired) electrons. The van der Waals surface area contributed by atoms with Gasteiger partial charge in [-0.05, 0) is 26.3 Å². The van der Waals surface area contributed by atoms with Crippen LogP contribution in [0.4, 0.5) is 13.2 Å². The van der Waals surface area contributed by atoms with Crippen molar-refractivity contribution < 1.29 is 27.1 Å². The Labute approximate surface area is 115 Å². The number of halogens is 3. The zero-order chi connectivity index (χ0) is 15.4. The summed E-state index contributed by atoms with van der Waals surface area (Å²) in [6.07, 6.45) is -3.27. The summed E-state index contributed by atoms with van der Waals surface area (Å²) in [5.41, 5.74) is -1.90. The maximum Gasteiger partial charge on any atom is 0.406 e. The van der Waals surface area contributed by atoms with E-state index in [-0.39, 0.29) is 30.9 Å². The van der Waals surface area contributed by atoms with Crippen molar-refractivity contribution in [2.45, 2.75) is 45.5 Å². The third-order valence-electron chi connectivity index (χ3n) is 3.21. The monoisotopic (exact) mass is 293 g/mol. The third kappa shape index (κ3) is 3.53. The van der Waals surface area contributed by atoms with E-state index in [2.05, 4.69) is 5.32 Å². The summed E-state index contributed by atoms with van der Waals surface area (Å²) >= 11 is 0. The standard InChI is InChI=1S/C13H18F3NO3/c1-4-12(3,13(14,15)16)17-8-10-9(6-7-20-10)11(18)19-5-2/h6-7,17H,4-5,8H2,1-3H3. The molecule has 0 aliphatic carbocycles. The second-order valence-corrected chi connectivity index (χ2v) is 4.51. The van der Waals surface area contributed by atoms with Gasteiger partial charge >= 0.3 is 12.1 Å². The van der Waals surface area contributed by atoms with Gasteiger partial charge in [0.15, 0.2) is 0 Å². The molecule has 0 spiro atoms. The van der Waals surface area contributed by atoms with Crippen LogP contribution in [0.1, 0.15) is 43.3 Å². The number of furan rings is 1. The Morgan fingerprint density at radius 2 is 2.05 bits per heavy atom. The molecule has 1 rings (SSSR count). The molecule has 114 valence electrons. The highest BCUT2D eigenvalue weighted by Crippen LogP contribution is 2.33. The molecular weight excluding hydrogens is 275 g/mol. The van der Waals surface area contributed by atoms with Crippen molar-refractivity contribution in [1.29, 1.82) is 0 Å². The number of hydrogen-bond acceptors (Lipinski definition) is 4. The van der Waals surface area contributed by atoms with Crippen LogP contribution < -0.4 is 5.32 Å². The van der Waals surface area contributed by atoms with Crippen molar-refractivity contribution in [2.75, 3.05) is 6.61 Å². The molecule has 0 amide bonds. The molecule has 1 aromatic rings. The van der Waals surface area contributed by atoms with Crippen LogP contribution in [0.25, 0.3) is 0 Å². The minimum atomic E-state index is -4.39. The van der Waals surface area contributed by atoms with Gasteiger partial charge in [0.05, 0.1) is 19.4 Å². The SMILES string of the molecule is CCOC(=O)c1ccoc1CNC(C)(CC)C(F)(F)F. The van der Waals surface area contributed by atoms with Crippen molar-refractivity contribution in [3.63, 3.8) is 0 Å². The number of hydrogen-bond donors (Lipinski definition) is 1. The minimum Gasteiger partial charge on any atom is -0.467 e. The fraction of sp³-hybridized carbons (Fsp3) is 0.615. The van der Waals surface area contributed by atoms with Gasteiger partial charge < -0.3 is 9.15 Å². The minimum absolute atomic E-state index is 0.132. The van der Waals surface area contributed by atoms with Crippen LogP contribution >= 0.6 is 0 Å². The van der Waals surface area contributed by atoms with E-state index in [0.29, 0.717) is 0 Å². The van der Waals surface area contributed by atoms with Crippen LogP contribution in [0, 0.1) is 0 Å². The lowest BCUT2D eigenvalue weighted by atomic mass is 9.98. The molecule has 1 aromatic heterocycles. The number of alkyl halides is 3. The molecule has 0 bridgehead atoms. The lowest BCUT2D eigenvalue weighted by molar-refractivity contribution is -0.193. The van der Waals surface area contributed by atoms with Gasteiger partial charge in [-0.3, -0.25) is 5.32 Å². The third-order valence-corrected chi connectivity index (χ3v) is 3.21. The molecule has 0 fully saturated rings. The van der Waals surface area contributed by atoms with Crippen LogP contribution in [-0.2, 0) is 11.3 Å². The fourth-order valence-electron chi connectivity index (χ4n) is 1.57. The van der Waals surface area contributed by atoms with Gasteiger partial charge in [-0.25, -0.2) is 4.79 Å². The van der Waals surface area contributed by atoms with E-state index in [1.165, 1.54) is 19.3 Å². The first-order valence-corrected chi connectivity index (χ1v) is 6.30. The number of carbonyl (C=O) groups excluding carboxylic acids is 1. The fourth-order valence-corrected chi connectivity index (χ4v) is 1.57. The van der Waals surface area contributed by atoms with Gasteiger partial charge in [-0.1, -0.05) is 6.92 Å². The zero-order valence-electron chi connectivity index (χ0n) is 11.6. The maximum absolute atomic E-state index is 12.9. The van der Waals surface area contributed by atoms with Crippen LogP contribution in [0.15, 0.2) is 16.7 Å². The predicted octanol–water partition coefficient (Wildman–Crippen LogP) is 3.28. The van der Waals surface area contributed by atoms with E-state index >= 15 is 0 Å². The van der Waals surface area contributed by atoms with Crippen LogP contribution in [0.3, 0.4) is 0 Å². The van der Waals surface area contributed by atoms with Crippen LogP contribution in [0.5, 0.6) is 0 Å². The van der Waals surface area contributed by atoms with Gasteiger partial charge in [-0.15, -0.1) is 0 Å². The quantitative estimate of drug-likeness (QED) is 0.818. The summed E-state index contributed by atoms with van der Waals surface area (Å²) in [5, 5.41) is 2.40. The van der Waals surface area contributed by atoms with E-state index < -0.39 is 17.7 Å². The van der Waals surface area contributed by atoms with Crippen molar-refractivity contribution in [3.05, 3.63) is 23.7 Å². The molecule has 0 saturated heterocycles. The lowest BCUT2D eigenvalue weighted by Crippen LogP contribution is -2.53. The summed E-state index contributed by atoms with van der Waals surface area (Å²) in [5.74, 6) is -0.476. The Morgan fingerprint density at radius 3 is 2.55 bits per heavy atom. The number of rotatable bonds is 6. The van der Waals surface area contributed by atoms with Crippen LogP contribution in [-0.4, -0.2) is 24.3 Å². The first-order chi connectivity index (χ1) is 9.25. The van der Waals surface area contributed by atoms with E-state index in [0.717, 1.165) is 6.92 Å². The number of ether oxygens (including phenoxy) is 1. The number of esters is 1. The van der Waals surface area contributed by atoms with Crippen molar-refractivity contribution in [3.8, 4) is 0 Å². The zero-order valence-corrected chi connectivity index (χ0v) is 11.6. The smallest absolute Gasteiger partial charge is 0.406 e. The summed E-state index contributed by atoms with van der Waals surface area (Å²) in [6, 6.07) is 1.38. The molecule has 4 nitrogen and oxygen atoms in total. The van der Waals surface area contributed by atoms with Crippen molar-refractivity contribution in [1.82, 2.24) is 5.32 Å². The Bertz CT molecular complexity index is 456. The molecule has 20 heavy (non-hydrogen) atoms. The summed E-state index contributed by atoms with van der Waals surface area (Å²) < 4.78 is 48.6. The molecular formula is C13H18F3NO3. The molecule has 0 aliphatic rings. The number of carbonyl (C=O) groups is 1. The Hall–Kier alpha value is -1.50. The Morgan fingerprint density at radius 1 is 1.40 bits per heavy atom. The van der Waals surface area contributed by atoms with Gasteiger partial charge in [0.25, 0.3) is 0 Å². The Balaban J connectivity index is 2.80. The van der Waals surface area contributed by atoms with Gasteiger partial charge in [0.2, 0.25) is 0 Å². The van der Waals surface area contributed by atoms with Crippen molar-refractivity contribution >= 4 is 5.97 Å². The second-order valence-electron chi connectivity index (χ2n) is 4.51. The molecule has 0 aromatic carbocycles. The highest BCUT2D eigenvalue weighted by Gasteiger charge is 2.49. The summed E-state index contributed by atoms with van der Waals surface area (Å²) in [4.78, 5) is 11.6. The van der Waals surface area contributed by atoms with Gasteiger partial charge in [0.1, 0.15) is 16.9 Å². The molecule has 0 saturated carbocycles. The highest BCUT2D eigenvalue weighted by atomic mass is 19.4. The molecule has 1 heterocycles. The van der Waals surface area contributed by atoms with Gasteiger partial charge in [0, 0.05) is 0 Å². The topological polar surface area (TPSA) is 51.5 Å². The summed E-state index contributed by atoms with van der Waals surface area (Å²) in [6.45, 7) is 4.14. The van der Waals surface area contributed by atoms with E-state index in [1.807, 2.05) is 0 Å². The predicted molar refractivity (Wildman–Crippen MR) is 66.3 cm³/mol. The normalized spacial score (nSPS) is 14.9. The molecule has 1 unspecified atom stereocenters. The number of nitrogens with one attached hydrogen (secondary N) is 1. The molecule has 7 heteroatoms. The second kappa shape index (κ2) is 6.30. The molecule has 0 aliphatic heterocycles. The highest BCUT2D eigenvalue weighted by molar-refractivity contribution is 5.90. The molecule has 1 N–H and O–H groups in total. The van der Waals surface area contributed by atoms with Gasteiger partial charge in [-0.2, -0.15) is 13.2 Å².